The molecule has 112 valence electrons. The molecule has 0 radical (unpaired) electrons. The molecule has 0 spiro atoms. The van der Waals surface area contributed by atoms with Gasteiger partial charge in [-0.2, -0.15) is 4.98 Å². The maximum Gasteiger partial charge on any atom is 0.295 e. The van der Waals surface area contributed by atoms with Crippen molar-refractivity contribution in [2.75, 3.05) is 13.6 Å². The highest BCUT2D eigenvalue weighted by atomic mass is 32.1. The summed E-state index contributed by atoms with van der Waals surface area (Å²) in [7, 11) is 1.76. The van der Waals surface area contributed by atoms with Crippen LogP contribution in [0, 0.1) is 6.92 Å². The van der Waals surface area contributed by atoms with Crippen molar-refractivity contribution in [3.05, 3.63) is 33.6 Å². The molecule has 0 bridgehead atoms. The van der Waals surface area contributed by atoms with Crippen LogP contribution in [-0.4, -0.2) is 34.5 Å². The zero-order valence-electron chi connectivity index (χ0n) is 12.1. The van der Waals surface area contributed by atoms with Crippen molar-refractivity contribution in [1.82, 2.24) is 20.4 Å². The minimum absolute atomic E-state index is 0.0869. The molecule has 1 aliphatic rings. The van der Waals surface area contributed by atoms with Crippen LogP contribution >= 0.6 is 11.3 Å². The number of rotatable bonds is 4. The average Bonchev–Trinajstić information content (AvgIpc) is 3.18. The van der Waals surface area contributed by atoms with Gasteiger partial charge in [0.25, 0.3) is 11.7 Å². The molecule has 1 amide bonds. The topological polar surface area (TPSA) is 71.3 Å². The first-order valence-corrected chi connectivity index (χ1v) is 7.88. The van der Waals surface area contributed by atoms with Crippen molar-refractivity contribution in [3.8, 4) is 0 Å². The summed E-state index contributed by atoms with van der Waals surface area (Å²) in [5, 5.41) is 9.13. The van der Waals surface area contributed by atoms with Crippen LogP contribution in [0.25, 0.3) is 0 Å². The molecule has 1 N–H and O–H groups in total. The van der Waals surface area contributed by atoms with Crippen LogP contribution in [0.3, 0.4) is 0 Å². The number of hydrogen-bond donors (Lipinski definition) is 1. The van der Waals surface area contributed by atoms with Gasteiger partial charge in [0.15, 0.2) is 0 Å². The van der Waals surface area contributed by atoms with Crippen LogP contribution in [0.5, 0.6) is 0 Å². The highest BCUT2D eigenvalue weighted by Crippen LogP contribution is 2.22. The number of hydrogen-bond acceptors (Lipinski definition) is 6. The lowest BCUT2D eigenvalue weighted by Crippen LogP contribution is -2.27. The maximum atomic E-state index is 12.3. The van der Waals surface area contributed by atoms with E-state index >= 15 is 0 Å². The molecule has 6 nitrogen and oxygen atoms in total. The SMILES string of the molecule is Cc1ccsc1CN(C)C(=O)c1noc(C2CCCN2)n1. The lowest BCUT2D eigenvalue weighted by atomic mass is 10.2. The molecule has 3 heterocycles. The molecule has 3 rings (SSSR count). The fraction of sp³-hybridized carbons (Fsp3) is 0.500. The van der Waals surface area contributed by atoms with E-state index in [0.29, 0.717) is 12.4 Å². The van der Waals surface area contributed by atoms with E-state index < -0.39 is 0 Å². The van der Waals surface area contributed by atoms with Crippen molar-refractivity contribution in [3.63, 3.8) is 0 Å². The minimum Gasteiger partial charge on any atom is -0.337 e. The van der Waals surface area contributed by atoms with Gasteiger partial charge in [-0.15, -0.1) is 11.3 Å². The van der Waals surface area contributed by atoms with Crippen molar-refractivity contribution >= 4 is 17.2 Å². The lowest BCUT2D eigenvalue weighted by molar-refractivity contribution is 0.0771. The van der Waals surface area contributed by atoms with Gasteiger partial charge in [0.05, 0.1) is 12.6 Å². The normalized spacial score (nSPS) is 18.1. The van der Waals surface area contributed by atoms with Gasteiger partial charge >= 0.3 is 0 Å². The van der Waals surface area contributed by atoms with Gasteiger partial charge < -0.3 is 14.7 Å². The van der Waals surface area contributed by atoms with E-state index in [4.69, 9.17) is 4.52 Å². The fourth-order valence-electron chi connectivity index (χ4n) is 2.38. The summed E-state index contributed by atoms with van der Waals surface area (Å²) in [5.74, 6) is 0.433. The first-order chi connectivity index (χ1) is 10.1. The largest absolute Gasteiger partial charge is 0.337 e. The predicted octanol–water partition coefficient (Wildman–Crippen LogP) is 2.14. The second-order valence-corrected chi connectivity index (χ2v) is 6.29. The fourth-order valence-corrected chi connectivity index (χ4v) is 3.34. The average molecular weight is 306 g/mol. The quantitative estimate of drug-likeness (QED) is 0.937. The monoisotopic (exact) mass is 306 g/mol. The summed E-state index contributed by atoms with van der Waals surface area (Å²) in [6.45, 7) is 3.56. The van der Waals surface area contributed by atoms with Crippen LogP contribution in [0.15, 0.2) is 16.0 Å². The Morgan fingerprint density at radius 2 is 2.48 bits per heavy atom. The van der Waals surface area contributed by atoms with Gasteiger partial charge in [0.1, 0.15) is 0 Å². The van der Waals surface area contributed by atoms with E-state index in [1.54, 1.807) is 23.3 Å². The summed E-state index contributed by atoms with van der Waals surface area (Å²) in [6.07, 6.45) is 2.06. The standard InChI is InChI=1S/C14H18N4O2S/c1-9-5-7-21-11(9)8-18(2)14(19)12-16-13(20-17-12)10-4-3-6-15-10/h5,7,10,15H,3-4,6,8H2,1-2H3. The molecule has 1 unspecified atom stereocenters. The van der Waals surface area contributed by atoms with E-state index in [-0.39, 0.29) is 17.8 Å². The molecule has 0 aromatic carbocycles. The van der Waals surface area contributed by atoms with E-state index in [2.05, 4.69) is 21.5 Å². The highest BCUT2D eigenvalue weighted by Gasteiger charge is 2.25. The first-order valence-electron chi connectivity index (χ1n) is 7.00. The van der Waals surface area contributed by atoms with Crippen LogP contribution < -0.4 is 5.32 Å². The van der Waals surface area contributed by atoms with Gasteiger partial charge in [0, 0.05) is 11.9 Å². The molecule has 1 saturated heterocycles. The molecule has 1 atom stereocenters. The smallest absolute Gasteiger partial charge is 0.295 e. The molecule has 2 aromatic heterocycles. The summed E-state index contributed by atoms with van der Waals surface area (Å²) in [6, 6.07) is 2.14. The highest BCUT2D eigenvalue weighted by molar-refractivity contribution is 7.10. The number of carbonyl (C=O) groups excluding carboxylic acids is 1. The van der Waals surface area contributed by atoms with Crippen molar-refractivity contribution in [1.29, 1.82) is 0 Å². The second-order valence-electron chi connectivity index (χ2n) is 5.29. The number of thiophene rings is 1. The van der Waals surface area contributed by atoms with E-state index in [1.165, 1.54) is 10.4 Å². The molecule has 0 aliphatic carbocycles. The Labute approximate surface area is 127 Å². The summed E-state index contributed by atoms with van der Waals surface area (Å²) >= 11 is 1.65. The van der Waals surface area contributed by atoms with Crippen LogP contribution in [0.4, 0.5) is 0 Å². The maximum absolute atomic E-state index is 12.3. The Bertz CT molecular complexity index is 630. The van der Waals surface area contributed by atoms with Gasteiger partial charge in [-0.3, -0.25) is 4.79 Å². The second kappa shape index (κ2) is 5.95. The van der Waals surface area contributed by atoms with E-state index in [1.807, 2.05) is 12.3 Å². The summed E-state index contributed by atoms with van der Waals surface area (Å²) in [5.41, 5.74) is 1.20. The number of carbonyl (C=O) groups is 1. The van der Waals surface area contributed by atoms with Gasteiger partial charge in [-0.25, -0.2) is 0 Å². The molecule has 1 fully saturated rings. The third-order valence-corrected chi connectivity index (χ3v) is 4.69. The van der Waals surface area contributed by atoms with Crippen molar-refractivity contribution in [2.45, 2.75) is 32.4 Å². The van der Waals surface area contributed by atoms with Gasteiger partial charge in [-0.1, -0.05) is 5.16 Å². The zero-order chi connectivity index (χ0) is 14.8. The van der Waals surface area contributed by atoms with Crippen molar-refractivity contribution in [2.24, 2.45) is 0 Å². The number of nitrogens with one attached hydrogen (secondary N) is 1. The zero-order valence-corrected chi connectivity index (χ0v) is 12.9. The van der Waals surface area contributed by atoms with Gasteiger partial charge in [0.2, 0.25) is 5.89 Å². The Balaban J connectivity index is 1.68. The summed E-state index contributed by atoms with van der Waals surface area (Å²) < 4.78 is 5.21. The van der Waals surface area contributed by atoms with Crippen molar-refractivity contribution < 1.29 is 9.32 Å². The number of aryl methyl sites for hydroxylation is 1. The third-order valence-electron chi connectivity index (χ3n) is 3.69. The molecule has 7 heteroatoms. The molecule has 2 aromatic rings. The Morgan fingerprint density at radius 3 is 3.14 bits per heavy atom. The third kappa shape index (κ3) is 2.98. The molecular weight excluding hydrogens is 288 g/mol. The van der Waals surface area contributed by atoms with Crippen LogP contribution in [-0.2, 0) is 6.54 Å². The molecule has 1 aliphatic heterocycles. The number of aromatic nitrogens is 2. The minimum atomic E-state index is -0.212. The van der Waals surface area contributed by atoms with E-state index in [0.717, 1.165) is 19.4 Å². The number of amides is 1. The Kier molecular flexibility index (Phi) is 4.03. The van der Waals surface area contributed by atoms with E-state index in [9.17, 15) is 4.79 Å². The molecule has 0 saturated carbocycles. The lowest BCUT2D eigenvalue weighted by Gasteiger charge is -2.14. The molecular formula is C14H18N4O2S. The Hall–Kier alpha value is -1.73. The van der Waals surface area contributed by atoms with Gasteiger partial charge in [-0.05, 0) is 43.3 Å². The van der Waals surface area contributed by atoms with Crippen LogP contribution in [0.2, 0.25) is 0 Å². The molecule has 21 heavy (non-hydrogen) atoms. The van der Waals surface area contributed by atoms with Crippen LogP contribution in [0.1, 0.15) is 45.8 Å². The Morgan fingerprint density at radius 1 is 1.62 bits per heavy atom. The number of nitrogens with zero attached hydrogens (tertiary/aromatic N) is 3. The summed E-state index contributed by atoms with van der Waals surface area (Å²) in [4.78, 5) is 19.4. The first kappa shape index (κ1) is 14.2. The predicted molar refractivity (Wildman–Crippen MR) is 79.1 cm³/mol.